The van der Waals surface area contributed by atoms with Crippen molar-refractivity contribution in [3.8, 4) is 0 Å². The van der Waals surface area contributed by atoms with Gasteiger partial charge < -0.3 is 21.1 Å². The minimum Gasteiger partial charge on any atom is -0.465 e. The van der Waals surface area contributed by atoms with Gasteiger partial charge in [0.05, 0.1) is 18.4 Å². The quantitative estimate of drug-likeness (QED) is 0.564. The van der Waals surface area contributed by atoms with Crippen LogP contribution in [0.4, 0.5) is 28.7 Å². The van der Waals surface area contributed by atoms with Gasteiger partial charge in [-0.3, -0.25) is 0 Å². The Bertz CT molecular complexity index is 994. The van der Waals surface area contributed by atoms with E-state index < -0.39 is 5.97 Å². The second-order valence-corrected chi connectivity index (χ2v) is 6.17. The van der Waals surface area contributed by atoms with Gasteiger partial charge in [-0.05, 0) is 36.8 Å². The summed E-state index contributed by atoms with van der Waals surface area (Å²) in [6, 6.07) is 12.4. The number of rotatable bonds is 5. The van der Waals surface area contributed by atoms with Gasteiger partial charge in [-0.1, -0.05) is 29.8 Å². The van der Waals surface area contributed by atoms with Crippen LogP contribution < -0.4 is 16.4 Å². The Kier molecular flexibility index (Phi) is 5.42. The van der Waals surface area contributed by atoms with E-state index in [2.05, 4.69) is 20.6 Å². The summed E-state index contributed by atoms with van der Waals surface area (Å²) in [6.45, 7) is 1.95. The molecule has 3 rings (SSSR count). The first-order chi connectivity index (χ1) is 13.0. The van der Waals surface area contributed by atoms with E-state index in [-0.39, 0.29) is 0 Å². The minimum absolute atomic E-state index is 0.302. The van der Waals surface area contributed by atoms with Crippen LogP contribution in [-0.4, -0.2) is 23.0 Å². The number of carbonyl (C=O) groups excluding carboxylic acids is 1. The number of aromatic nitrogens is 2. The summed E-state index contributed by atoms with van der Waals surface area (Å²) in [5, 5.41) is 6.83. The summed E-state index contributed by atoms with van der Waals surface area (Å²) in [4.78, 5) is 20.3. The molecule has 4 N–H and O–H groups in total. The highest BCUT2D eigenvalue weighted by Gasteiger charge is 2.15. The average Bonchev–Trinajstić information content (AvgIpc) is 2.67. The van der Waals surface area contributed by atoms with E-state index in [4.69, 9.17) is 22.1 Å². The van der Waals surface area contributed by atoms with Crippen LogP contribution in [0.25, 0.3) is 0 Å². The van der Waals surface area contributed by atoms with Crippen LogP contribution in [-0.2, 0) is 4.74 Å². The molecule has 1 heterocycles. The number of carbonyl (C=O) groups is 1. The Morgan fingerprint density at radius 1 is 1.07 bits per heavy atom. The third-order valence-electron chi connectivity index (χ3n) is 3.92. The van der Waals surface area contributed by atoms with Gasteiger partial charge in [0.25, 0.3) is 0 Å². The maximum Gasteiger partial charge on any atom is 0.339 e. The fourth-order valence-corrected chi connectivity index (χ4v) is 2.63. The molecule has 0 saturated carbocycles. The van der Waals surface area contributed by atoms with Crippen molar-refractivity contribution in [3.05, 3.63) is 64.9 Å². The van der Waals surface area contributed by atoms with Gasteiger partial charge >= 0.3 is 5.97 Å². The zero-order valence-electron chi connectivity index (χ0n) is 14.8. The van der Waals surface area contributed by atoms with Gasteiger partial charge in [0.2, 0.25) is 0 Å². The number of aryl methyl sites for hydroxylation is 1. The number of ether oxygens (including phenoxy) is 1. The molecule has 0 unspecified atom stereocenters. The molecule has 0 spiro atoms. The van der Waals surface area contributed by atoms with E-state index in [0.717, 1.165) is 11.3 Å². The number of anilines is 5. The average molecular weight is 384 g/mol. The van der Waals surface area contributed by atoms with Crippen LogP contribution in [0, 0.1) is 6.92 Å². The first kappa shape index (κ1) is 18.5. The monoisotopic (exact) mass is 383 g/mol. The van der Waals surface area contributed by atoms with Crippen LogP contribution >= 0.6 is 11.6 Å². The van der Waals surface area contributed by atoms with Crippen LogP contribution in [0.15, 0.2) is 48.8 Å². The summed E-state index contributed by atoms with van der Waals surface area (Å²) in [5.74, 6) is 0.329. The van der Waals surface area contributed by atoms with Crippen LogP contribution in [0.1, 0.15) is 15.9 Å². The number of nitrogens with one attached hydrogen (secondary N) is 2. The molecular formula is C19H18ClN5O2. The van der Waals surface area contributed by atoms with Crippen molar-refractivity contribution in [2.45, 2.75) is 6.92 Å². The first-order valence-electron chi connectivity index (χ1n) is 8.07. The number of para-hydroxylation sites is 1. The van der Waals surface area contributed by atoms with Gasteiger partial charge in [-0.25, -0.2) is 14.8 Å². The maximum absolute atomic E-state index is 11.9. The number of methoxy groups -OCH3 is 1. The van der Waals surface area contributed by atoms with Crippen molar-refractivity contribution in [1.82, 2.24) is 9.97 Å². The highest BCUT2D eigenvalue weighted by Crippen LogP contribution is 2.31. The number of esters is 1. The highest BCUT2D eigenvalue weighted by atomic mass is 35.5. The molecule has 8 heteroatoms. The summed E-state index contributed by atoms with van der Waals surface area (Å²) in [7, 11) is 1.33. The largest absolute Gasteiger partial charge is 0.465 e. The van der Waals surface area contributed by atoms with Gasteiger partial charge in [-0.15, -0.1) is 0 Å². The molecule has 0 bridgehead atoms. The Morgan fingerprint density at radius 2 is 1.74 bits per heavy atom. The van der Waals surface area contributed by atoms with Crippen molar-refractivity contribution in [2.24, 2.45) is 0 Å². The Labute approximate surface area is 161 Å². The minimum atomic E-state index is -0.460. The Balaban J connectivity index is 1.92. The number of nitrogens with zero attached hydrogens (tertiary/aromatic N) is 2. The van der Waals surface area contributed by atoms with Gasteiger partial charge in [0.1, 0.15) is 12.0 Å². The molecule has 0 radical (unpaired) electrons. The number of halogens is 1. The predicted octanol–water partition coefficient (Wildman–Crippen LogP) is 4.29. The molecule has 0 amide bonds. The second kappa shape index (κ2) is 7.92. The molecule has 0 aliphatic carbocycles. The van der Waals surface area contributed by atoms with Crippen LogP contribution in [0.2, 0.25) is 5.02 Å². The van der Waals surface area contributed by atoms with E-state index >= 15 is 0 Å². The lowest BCUT2D eigenvalue weighted by Crippen LogP contribution is -2.09. The lowest BCUT2D eigenvalue weighted by molar-refractivity contribution is 0.0602. The van der Waals surface area contributed by atoms with E-state index in [0.29, 0.717) is 33.6 Å². The standard InChI is InChI=1S/C19H18ClN5O2/c1-11-7-8-12(20)9-15(11)25-18-16(21)17(22-10-23-18)24-14-6-4-3-5-13(14)19(26)27-2/h3-10H,21H2,1-2H3,(H2,22,23,24,25). The van der Waals surface area contributed by atoms with Gasteiger partial charge in [-0.2, -0.15) is 0 Å². The predicted molar refractivity (Wildman–Crippen MR) is 107 cm³/mol. The molecular weight excluding hydrogens is 366 g/mol. The van der Waals surface area contributed by atoms with Gasteiger partial charge in [0.15, 0.2) is 11.6 Å². The SMILES string of the molecule is COC(=O)c1ccccc1Nc1ncnc(Nc2cc(Cl)ccc2C)c1N. The number of hydrogen-bond donors (Lipinski definition) is 3. The number of hydrogen-bond acceptors (Lipinski definition) is 7. The summed E-state index contributed by atoms with van der Waals surface area (Å²) >= 11 is 6.06. The summed E-state index contributed by atoms with van der Waals surface area (Å²) in [5.41, 5.74) is 9.20. The van der Waals surface area contributed by atoms with Crippen molar-refractivity contribution in [3.63, 3.8) is 0 Å². The molecule has 3 aromatic rings. The highest BCUT2D eigenvalue weighted by molar-refractivity contribution is 6.30. The smallest absolute Gasteiger partial charge is 0.339 e. The van der Waals surface area contributed by atoms with Crippen molar-refractivity contribution in [2.75, 3.05) is 23.5 Å². The molecule has 0 aliphatic heterocycles. The topological polar surface area (TPSA) is 102 Å². The van der Waals surface area contributed by atoms with E-state index in [9.17, 15) is 4.79 Å². The lowest BCUT2D eigenvalue weighted by atomic mass is 10.1. The van der Waals surface area contributed by atoms with E-state index in [1.54, 1.807) is 30.3 Å². The molecule has 0 saturated heterocycles. The second-order valence-electron chi connectivity index (χ2n) is 5.73. The fourth-order valence-electron chi connectivity index (χ4n) is 2.46. The summed E-state index contributed by atoms with van der Waals surface area (Å²) in [6.07, 6.45) is 1.38. The maximum atomic E-state index is 11.9. The third kappa shape index (κ3) is 4.09. The van der Waals surface area contributed by atoms with Crippen LogP contribution in [0.5, 0.6) is 0 Å². The molecule has 1 aromatic heterocycles. The fraction of sp³-hybridized carbons (Fsp3) is 0.105. The number of nitrogens with two attached hydrogens (primary N) is 1. The summed E-state index contributed by atoms with van der Waals surface area (Å²) < 4.78 is 4.80. The van der Waals surface area contributed by atoms with Crippen LogP contribution in [0.3, 0.4) is 0 Å². The zero-order valence-corrected chi connectivity index (χ0v) is 15.5. The molecule has 0 atom stereocenters. The number of benzene rings is 2. The van der Waals surface area contributed by atoms with E-state index in [1.165, 1.54) is 13.4 Å². The first-order valence-corrected chi connectivity index (χ1v) is 8.45. The normalized spacial score (nSPS) is 10.3. The molecule has 0 fully saturated rings. The van der Waals surface area contributed by atoms with Crippen molar-refractivity contribution in [1.29, 1.82) is 0 Å². The molecule has 0 aliphatic rings. The third-order valence-corrected chi connectivity index (χ3v) is 4.16. The molecule has 138 valence electrons. The lowest BCUT2D eigenvalue weighted by Gasteiger charge is -2.15. The molecule has 7 nitrogen and oxygen atoms in total. The molecule has 2 aromatic carbocycles. The van der Waals surface area contributed by atoms with Crippen molar-refractivity contribution < 1.29 is 9.53 Å². The van der Waals surface area contributed by atoms with Crippen molar-refractivity contribution >= 4 is 46.3 Å². The van der Waals surface area contributed by atoms with E-state index in [1.807, 2.05) is 19.1 Å². The molecule has 27 heavy (non-hydrogen) atoms. The Morgan fingerprint density at radius 3 is 2.44 bits per heavy atom. The van der Waals surface area contributed by atoms with Gasteiger partial charge in [0, 0.05) is 10.7 Å². The zero-order chi connectivity index (χ0) is 19.4. The number of nitrogen functional groups attached to an aromatic ring is 1. The Hall–Kier alpha value is -3.32.